The van der Waals surface area contributed by atoms with Gasteiger partial charge in [0.2, 0.25) is 0 Å². The number of nitrogens with one attached hydrogen (secondary N) is 1. The zero-order valence-corrected chi connectivity index (χ0v) is 11.7. The average molecular weight is 272 g/mol. The number of carboxylic acid groups (broad SMARTS) is 1. The Morgan fingerprint density at radius 3 is 2.63 bits per heavy atom. The van der Waals surface area contributed by atoms with Gasteiger partial charge in [-0.25, -0.2) is 4.79 Å². The molecular formula is C13H24N2O4. The largest absolute Gasteiger partial charge is 0.480 e. The van der Waals surface area contributed by atoms with Crippen LogP contribution in [0.1, 0.15) is 20.3 Å². The molecule has 6 heteroatoms. The molecule has 0 aliphatic rings. The maximum Gasteiger partial charge on any atom is 0.323 e. The Balaban J connectivity index is 3.96. The first-order valence-corrected chi connectivity index (χ1v) is 6.40. The zero-order valence-electron chi connectivity index (χ0n) is 11.7. The summed E-state index contributed by atoms with van der Waals surface area (Å²) in [7, 11) is 0. The molecule has 19 heavy (non-hydrogen) atoms. The summed E-state index contributed by atoms with van der Waals surface area (Å²) >= 11 is 0. The van der Waals surface area contributed by atoms with Crippen LogP contribution >= 0.6 is 0 Å². The van der Waals surface area contributed by atoms with Crippen LogP contribution in [0, 0.1) is 5.92 Å². The smallest absolute Gasteiger partial charge is 0.323 e. The van der Waals surface area contributed by atoms with Gasteiger partial charge in [-0.05, 0) is 12.3 Å². The lowest BCUT2D eigenvalue weighted by Crippen LogP contribution is -2.45. The number of hydrogen-bond donors (Lipinski definition) is 2. The molecule has 0 aromatic heterocycles. The Kier molecular flexibility index (Phi) is 9.52. The van der Waals surface area contributed by atoms with Gasteiger partial charge in [0.15, 0.2) is 0 Å². The molecule has 0 fully saturated rings. The Hall–Kier alpha value is -1.56. The molecule has 2 N–H and O–H groups in total. The van der Waals surface area contributed by atoms with Crippen molar-refractivity contribution in [1.82, 2.24) is 10.2 Å². The van der Waals surface area contributed by atoms with Crippen LogP contribution in [0.25, 0.3) is 0 Å². The first-order chi connectivity index (χ1) is 8.97. The minimum atomic E-state index is -1.02. The molecule has 0 aliphatic heterocycles. The molecule has 0 heterocycles. The van der Waals surface area contributed by atoms with E-state index >= 15 is 0 Å². The molecule has 0 saturated heterocycles. The lowest BCUT2D eigenvalue weighted by Gasteiger charge is -2.23. The summed E-state index contributed by atoms with van der Waals surface area (Å²) in [4.78, 5) is 23.8. The van der Waals surface area contributed by atoms with E-state index in [9.17, 15) is 9.59 Å². The molecule has 110 valence electrons. The first kappa shape index (κ1) is 17.4. The standard InChI is InChI=1S/C13H24N2O4/c1-4-5-7-19-8-6-14-13(18)15(9-11(2)3)10-12(16)17/h4,11H,1,5-10H2,2-3H3,(H,14,18)(H,16,17). The van der Waals surface area contributed by atoms with Crippen molar-refractivity contribution < 1.29 is 19.4 Å². The fourth-order valence-corrected chi connectivity index (χ4v) is 1.43. The fourth-order valence-electron chi connectivity index (χ4n) is 1.43. The van der Waals surface area contributed by atoms with E-state index in [1.165, 1.54) is 4.90 Å². The molecule has 6 nitrogen and oxygen atoms in total. The van der Waals surface area contributed by atoms with Gasteiger partial charge in [-0.3, -0.25) is 4.79 Å². The quantitative estimate of drug-likeness (QED) is 0.464. The third kappa shape index (κ3) is 10.1. The normalized spacial score (nSPS) is 10.3. The Morgan fingerprint density at radius 1 is 1.42 bits per heavy atom. The monoisotopic (exact) mass is 272 g/mol. The van der Waals surface area contributed by atoms with Crippen molar-refractivity contribution >= 4 is 12.0 Å². The van der Waals surface area contributed by atoms with Crippen molar-refractivity contribution in [1.29, 1.82) is 0 Å². The molecular weight excluding hydrogens is 248 g/mol. The average Bonchev–Trinajstić information content (AvgIpc) is 2.31. The summed E-state index contributed by atoms with van der Waals surface area (Å²) in [5, 5.41) is 11.4. The maximum atomic E-state index is 11.8. The summed E-state index contributed by atoms with van der Waals surface area (Å²) in [5.74, 6) is -0.799. The Morgan fingerprint density at radius 2 is 2.11 bits per heavy atom. The number of carboxylic acids is 1. The summed E-state index contributed by atoms with van der Waals surface area (Å²) in [5.41, 5.74) is 0. The van der Waals surface area contributed by atoms with Gasteiger partial charge >= 0.3 is 12.0 Å². The summed E-state index contributed by atoms with van der Waals surface area (Å²) in [6.45, 7) is 8.90. The van der Waals surface area contributed by atoms with Crippen LogP contribution in [0.2, 0.25) is 0 Å². The van der Waals surface area contributed by atoms with Gasteiger partial charge in [0, 0.05) is 13.1 Å². The second kappa shape index (κ2) is 10.4. The number of carbonyl (C=O) groups is 2. The molecule has 0 saturated carbocycles. The molecule has 0 atom stereocenters. The number of ether oxygens (including phenoxy) is 1. The molecule has 0 unspecified atom stereocenters. The van der Waals surface area contributed by atoms with E-state index in [1.807, 2.05) is 13.8 Å². The van der Waals surface area contributed by atoms with Crippen LogP contribution < -0.4 is 5.32 Å². The lowest BCUT2D eigenvalue weighted by molar-refractivity contribution is -0.137. The van der Waals surface area contributed by atoms with Crippen LogP contribution in [0.5, 0.6) is 0 Å². The van der Waals surface area contributed by atoms with E-state index in [0.717, 1.165) is 6.42 Å². The van der Waals surface area contributed by atoms with E-state index in [1.54, 1.807) is 6.08 Å². The Labute approximate surface area is 114 Å². The Bertz CT molecular complexity index is 292. The van der Waals surface area contributed by atoms with Crippen molar-refractivity contribution in [3.05, 3.63) is 12.7 Å². The predicted octanol–water partition coefficient (Wildman–Crippen LogP) is 1.33. The van der Waals surface area contributed by atoms with Crippen LogP contribution in [0.15, 0.2) is 12.7 Å². The van der Waals surface area contributed by atoms with Crippen LogP contribution in [-0.2, 0) is 9.53 Å². The molecule has 0 aromatic rings. The van der Waals surface area contributed by atoms with Crippen molar-refractivity contribution in [2.45, 2.75) is 20.3 Å². The topological polar surface area (TPSA) is 78.9 Å². The van der Waals surface area contributed by atoms with Gasteiger partial charge < -0.3 is 20.1 Å². The highest BCUT2D eigenvalue weighted by Crippen LogP contribution is 1.99. The van der Waals surface area contributed by atoms with Crippen molar-refractivity contribution in [3.8, 4) is 0 Å². The van der Waals surface area contributed by atoms with Gasteiger partial charge in [0.25, 0.3) is 0 Å². The highest BCUT2D eigenvalue weighted by molar-refractivity contribution is 5.80. The molecule has 0 aromatic carbocycles. The zero-order chi connectivity index (χ0) is 14.7. The van der Waals surface area contributed by atoms with E-state index in [4.69, 9.17) is 9.84 Å². The number of aliphatic carboxylic acids is 1. The van der Waals surface area contributed by atoms with Crippen LogP contribution in [-0.4, -0.2) is 54.9 Å². The third-order valence-electron chi connectivity index (χ3n) is 2.19. The SMILES string of the molecule is C=CCCOCCNC(=O)N(CC(=O)O)CC(C)C. The van der Waals surface area contributed by atoms with E-state index in [0.29, 0.717) is 26.3 Å². The van der Waals surface area contributed by atoms with Crippen LogP contribution in [0.3, 0.4) is 0 Å². The van der Waals surface area contributed by atoms with Gasteiger partial charge in [-0.1, -0.05) is 19.9 Å². The third-order valence-corrected chi connectivity index (χ3v) is 2.19. The minimum Gasteiger partial charge on any atom is -0.480 e. The van der Waals surface area contributed by atoms with E-state index < -0.39 is 5.97 Å². The number of carbonyl (C=O) groups excluding carboxylic acids is 1. The number of hydrogen-bond acceptors (Lipinski definition) is 3. The number of rotatable bonds is 10. The number of nitrogens with zero attached hydrogens (tertiary/aromatic N) is 1. The second-order valence-electron chi connectivity index (χ2n) is 4.59. The molecule has 0 spiro atoms. The van der Waals surface area contributed by atoms with Crippen LogP contribution in [0.4, 0.5) is 4.79 Å². The molecule has 0 aliphatic carbocycles. The number of amides is 2. The summed E-state index contributed by atoms with van der Waals surface area (Å²) < 4.78 is 5.25. The van der Waals surface area contributed by atoms with E-state index in [2.05, 4.69) is 11.9 Å². The lowest BCUT2D eigenvalue weighted by atomic mass is 10.2. The summed E-state index contributed by atoms with van der Waals surface area (Å²) in [6.07, 6.45) is 2.53. The van der Waals surface area contributed by atoms with Crippen molar-refractivity contribution in [3.63, 3.8) is 0 Å². The minimum absolute atomic E-state index is 0.217. The molecule has 2 amide bonds. The van der Waals surface area contributed by atoms with E-state index in [-0.39, 0.29) is 18.5 Å². The fraction of sp³-hybridized carbons (Fsp3) is 0.692. The van der Waals surface area contributed by atoms with Gasteiger partial charge in [0.1, 0.15) is 6.54 Å². The van der Waals surface area contributed by atoms with Gasteiger partial charge in [-0.2, -0.15) is 0 Å². The van der Waals surface area contributed by atoms with Crippen molar-refractivity contribution in [2.24, 2.45) is 5.92 Å². The molecule has 0 rings (SSSR count). The highest BCUT2D eigenvalue weighted by Gasteiger charge is 2.17. The molecule has 0 radical (unpaired) electrons. The number of urea groups is 1. The van der Waals surface area contributed by atoms with Crippen molar-refractivity contribution in [2.75, 3.05) is 32.8 Å². The second-order valence-corrected chi connectivity index (χ2v) is 4.59. The van der Waals surface area contributed by atoms with Gasteiger partial charge in [0.05, 0.1) is 13.2 Å². The predicted molar refractivity (Wildman–Crippen MR) is 73.1 cm³/mol. The van der Waals surface area contributed by atoms with Gasteiger partial charge in [-0.15, -0.1) is 6.58 Å². The maximum absolute atomic E-state index is 11.8. The first-order valence-electron chi connectivity index (χ1n) is 6.40. The highest BCUT2D eigenvalue weighted by atomic mass is 16.5. The molecule has 0 bridgehead atoms. The summed E-state index contributed by atoms with van der Waals surface area (Å²) in [6, 6.07) is -0.372.